The zero-order valence-electron chi connectivity index (χ0n) is 8.72. The highest BCUT2D eigenvalue weighted by Gasteiger charge is 2.02. The third-order valence-corrected chi connectivity index (χ3v) is 3.16. The van der Waals surface area contributed by atoms with Gasteiger partial charge in [-0.05, 0) is 26.7 Å². The summed E-state index contributed by atoms with van der Waals surface area (Å²) < 4.78 is 0. The van der Waals surface area contributed by atoms with Crippen LogP contribution in [-0.2, 0) is 6.54 Å². The molecule has 0 aliphatic heterocycles. The van der Waals surface area contributed by atoms with Crippen LogP contribution in [0.25, 0.3) is 0 Å². The van der Waals surface area contributed by atoms with E-state index in [4.69, 9.17) is 11.6 Å². The van der Waals surface area contributed by atoms with Crippen LogP contribution in [0.15, 0.2) is 5.38 Å². The van der Waals surface area contributed by atoms with Gasteiger partial charge in [0.05, 0.1) is 10.7 Å². The molecule has 1 atom stereocenters. The molecular formula is C10H17ClN2S. The molecule has 0 saturated heterocycles. The second-order valence-electron chi connectivity index (χ2n) is 3.47. The predicted octanol–water partition coefficient (Wildman–Crippen LogP) is 2.95. The largest absolute Gasteiger partial charge is 0.309 e. The molecule has 1 aromatic rings. The Labute approximate surface area is 94.7 Å². The van der Waals surface area contributed by atoms with Crippen molar-refractivity contribution < 1.29 is 0 Å². The van der Waals surface area contributed by atoms with Gasteiger partial charge in [0.25, 0.3) is 0 Å². The third-order valence-electron chi connectivity index (χ3n) is 2.07. The van der Waals surface area contributed by atoms with E-state index < -0.39 is 0 Å². The minimum atomic E-state index is 0.524. The Hall–Kier alpha value is -0.120. The van der Waals surface area contributed by atoms with Crippen LogP contribution in [0.2, 0.25) is 0 Å². The van der Waals surface area contributed by atoms with Gasteiger partial charge >= 0.3 is 0 Å². The second-order valence-corrected chi connectivity index (χ2v) is 4.91. The Bertz CT molecular complexity index is 262. The van der Waals surface area contributed by atoms with Gasteiger partial charge < -0.3 is 5.32 Å². The maximum atomic E-state index is 5.63. The van der Waals surface area contributed by atoms with Gasteiger partial charge in [0.2, 0.25) is 0 Å². The minimum absolute atomic E-state index is 0.524. The number of hydrogen-bond acceptors (Lipinski definition) is 3. The number of thiazole rings is 1. The number of halogens is 1. The van der Waals surface area contributed by atoms with Gasteiger partial charge in [0.1, 0.15) is 0 Å². The van der Waals surface area contributed by atoms with Crippen molar-refractivity contribution in [2.75, 3.05) is 5.88 Å². The van der Waals surface area contributed by atoms with Crippen LogP contribution in [0.1, 0.15) is 30.5 Å². The van der Waals surface area contributed by atoms with Crippen LogP contribution in [0.5, 0.6) is 0 Å². The highest BCUT2D eigenvalue weighted by Crippen LogP contribution is 2.08. The highest BCUT2D eigenvalue weighted by atomic mass is 35.5. The molecular weight excluding hydrogens is 216 g/mol. The van der Waals surface area contributed by atoms with E-state index >= 15 is 0 Å². The molecule has 1 unspecified atom stereocenters. The predicted molar refractivity (Wildman–Crippen MR) is 63.1 cm³/mol. The fourth-order valence-electron chi connectivity index (χ4n) is 1.25. The first-order chi connectivity index (χ1) is 6.72. The van der Waals surface area contributed by atoms with E-state index in [0.717, 1.165) is 36.0 Å². The molecule has 0 radical (unpaired) electrons. The number of hydrogen-bond donors (Lipinski definition) is 1. The minimum Gasteiger partial charge on any atom is -0.309 e. The monoisotopic (exact) mass is 232 g/mol. The normalized spacial score (nSPS) is 13.1. The van der Waals surface area contributed by atoms with Gasteiger partial charge in [-0.25, -0.2) is 4.98 Å². The Balaban J connectivity index is 2.20. The topological polar surface area (TPSA) is 24.9 Å². The Morgan fingerprint density at radius 3 is 3.00 bits per heavy atom. The maximum absolute atomic E-state index is 5.63. The van der Waals surface area contributed by atoms with Crippen molar-refractivity contribution in [3.8, 4) is 0 Å². The molecule has 0 saturated carbocycles. The molecule has 0 amide bonds. The lowest BCUT2D eigenvalue weighted by Gasteiger charge is -2.11. The Kier molecular flexibility index (Phi) is 5.45. The molecule has 1 N–H and O–H groups in total. The fraction of sp³-hybridized carbons (Fsp3) is 0.700. The number of rotatable bonds is 6. The standard InChI is InChI=1S/C10H17ClN2S/c1-8(4-3-5-11)12-6-10-7-14-9(2)13-10/h7-8,12H,3-6H2,1-2H3. The number of aryl methyl sites for hydroxylation is 1. The van der Waals surface area contributed by atoms with Crippen molar-refractivity contribution in [2.45, 2.75) is 39.3 Å². The molecule has 4 heteroatoms. The summed E-state index contributed by atoms with van der Waals surface area (Å²) in [6.45, 7) is 5.09. The molecule has 0 bridgehead atoms. The first kappa shape index (κ1) is 12.0. The molecule has 1 heterocycles. The first-order valence-corrected chi connectivity index (χ1v) is 6.34. The van der Waals surface area contributed by atoms with Gasteiger partial charge in [0, 0.05) is 23.8 Å². The van der Waals surface area contributed by atoms with Gasteiger partial charge in [-0.1, -0.05) is 0 Å². The van der Waals surface area contributed by atoms with Gasteiger partial charge in [-0.15, -0.1) is 22.9 Å². The fourth-order valence-corrected chi connectivity index (χ4v) is 2.02. The number of nitrogens with one attached hydrogen (secondary N) is 1. The van der Waals surface area contributed by atoms with E-state index in [1.165, 1.54) is 0 Å². The van der Waals surface area contributed by atoms with E-state index in [9.17, 15) is 0 Å². The summed E-state index contributed by atoms with van der Waals surface area (Å²) in [5.74, 6) is 0.752. The quantitative estimate of drug-likeness (QED) is 0.763. The smallest absolute Gasteiger partial charge is 0.0897 e. The number of aromatic nitrogens is 1. The lowest BCUT2D eigenvalue weighted by atomic mass is 10.2. The summed E-state index contributed by atoms with van der Waals surface area (Å²) in [5, 5.41) is 6.67. The van der Waals surface area contributed by atoms with Crippen molar-refractivity contribution in [3.05, 3.63) is 16.1 Å². The van der Waals surface area contributed by atoms with Crippen molar-refractivity contribution in [1.82, 2.24) is 10.3 Å². The third kappa shape index (κ3) is 4.40. The van der Waals surface area contributed by atoms with Crippen LogP contribution in [0.4, 0.5) is 0 Å². The van der Waals surface area contributed by atoms with Crippen molar-refractivity contribution in [2.24, 2.45) is 0 Å². The van der Waals surface area contributed by atoms with Crippen LogP contribution in [-0.4, -0.2) is 16.9 Å². The van der Waals surface area contributed by atoms with E-state index in [2.05, 4.69) is 22.6 Å². The molecule has 1 rings (SSSR count). The maximum Gasteiger partial charge on any atom is 0.0897 e. The van der Waals surface area contributed by atoms with Crippen molar-refractivity contribution >= 4 is 22.9 Å². The van der Waals surface area contributed by atoms with Crippen LogP contribution >= 0.6 is 22.9 Å². The van der Waals surface area contributed by atoms with E-state index in [-0.39, 0.29) is 0 Å². The first-order valence-electron chi connectivity index (χ1n) is 4.92. The molecule has 14 heavy (non-hydrogen) atoms. The summed E-state index contributed by atoms with van der Waals surface area (Å²) in [6.07, 6.45) is 2.21. The summed E-state index contributed by atoms with van der Waals surface area (Å²) in [6, 6.07) is 0.524. The highest BCUT2D eigenvalue weighted by molar-refractivity contribution is 7.09. The molecule has 1 aromatic heterocycles. The molecule has 2 nitrogen and oxygen atoms in total. The van der Waals surface area contributed by atoms with E-state index in [1.54, 1.807) is 11.3 Å². The molecule has 80 valence electrons. The van der Waals surface area contributed by atoms with Crippen LogP contribution in [0.3, 0.4) is 0 Å². The average molecular weight is 233 g/mol. The molecule has 0 fully saturated rings. The van der Waals surface area contributed by atoms with Crippen molar-refractivity contribution in [1.29, 1.82) is 0 Å². The summed E-state index contributed by atoms with van der Waals surface area (Å²) in [5.41, 5.74) is 1.14. The average Bonchev–Trinajstić information content (AvgIpc) is 2.58. The van der Waals surface area contributed by atoms with E-state index in [0.29, 0.717) is 6.04 Å². The summed E-state index contributed by atoms with van der Waals surface area (Å²) in [7, 11) is 0. The summed E-state index contributed by atoms with van der Waals surface area (Å²) in [4.78, 5) is 4.39. The zero-order chi connectivity index (χ0) is 10.4. The lowest BCUT2D eigenvalue weighted by Crippen LogP contribution is -2.25. The lowest BCUT2D eigenvalue weighted by molar-refractivity contribution is 0.506. The van der Waals surface area contributed by atoms with Gasteiger partial charge in [-0.2, -0.15) is 0 Å². The zero-order valence-corrected chi connectivity index (χ0v) is 10.3. The number of nitrogens with zero attached hydrogens (tertiary/aromatic N) is 1. The molecule has 0 aliphatic carbocycles. The van der Waals surface area contributed by atoms with Gasteiger partial charge in [-0.3, -0.25) is 0 Å². The number of alkyl halides is 1. The van der Waals surface area contributed by atoms with E-state index in [1.807, 2.05) is 6.92 Å². The Morgan fingerprint density at radius 2 is 2.43 bits per heavy atom. The van der Waals surface area contributed by atoms with Crippen molar-refractivity contribution in [3.63, 3.8) is 0 Å². The SMILES string of the molecule is Cc1nc(CNC(C)CCCCl)cs1. The van der Waals surface area contributed by atoms with Gasteiger partial charge in [0.15, 0.2) is 0 Å². The molecule has 0 spiro atoms. The molecule has 0 aliphatic rings. The molecule has 0 aromatic carbocycles. The second kappa shape index (κ2) is 6.38. The summed E-state index contributed by atoms with van der Waals surface area (Å²) >= 11 is 7.33. The van der Waals surface area contributed by atoms with Crippen LogP contribution in [0, 0.1) is 6.92 Å². The van der Waals surface area contributed by atoms with Crippen LogP contribution < -0.4 is 5.32 Å². The Morgan fingerprint density at radius 1 is 1.64 bits per heavy atom.